The zero-order valence-electron chi connectivity index (χ0n) is 11.5. The van der Waals surface area contributed by atoms with Gasteiger partial charge in [0.05, 0.1) is 13.1 Å². The van der Waals surface area contributed by atoms with Crippen LogP contribution in [-0.4, -0.2) is 24.8 Å². The Morgan fingerprint density at radius 1 is 0.952 bits per heavy atom. The van der Waals surface area contributed by atoms with Crippen molar-refractivity contribution in [2.24, 2.45) is 0 Å². The van der Waals surface area contributed by atoms with Crippen LogP contribution in [-0.2, 0) is 24.4 Å². The van der Waals surface area contributed by atoms with Crippen LogP contribution in [0.4, 0.5) is 0 Å². The standard InChI is InChI=1S/C13H17N3O5/c1-3-7-14-11(19)15(8-4-2)13(21)16(12(14)20)9-5-6-10(17)18/h3-4H,1-2,5-9H2,(H,17,18). The first-order valence-corrected chi connectivity index (χ1v) is 6.32. The predicted molar refractivity (Wildman–Crippen MR) is 76.5 cm³/mol. The molecule has 0 saturated carbocycles. The second-order valence-corrected chi connectivity index (χ2v) is 4.30. The fourth-order valence-electron chi connectivity index (χ4n) is 1.83. The minimum absolute atomic E-state index is 0.0337. The average Bonchev–Trinajstić information content (AvgIpc) is 2.43. The highest BCUT2D eigenvalue weighted by Crippen LogP contribution is 1.90. The molecule has 0 unspecified atom stereocenters. The third kappa shape index (κ3) is 3.68. The van der Waals surface area contributed by atoms with Crippen LogP contribution in [0.3, 0.4) is 0 Å². The molecule has 1 aromatic rings. The molecular weight excluding hydrogens is 278 g/mol. The molecule has 0 aliphatic carbocycles. The summed E-state index contributed by atoms with van der Waals surface area (Å²) in [5.41, 5.74) is -2.27. The number of aromatic nitrogens is 3. The molecule has 0 radical (unpaired) electrons. The first kappa shape index (κ1) is 16.4. The van der Waals surface area contributed by atoms with Gasteiger partial charge in [-0.05, 0) is 6.42 Å². The Bertz CT molecular complexity index is 675. The summed E-state index contributed by atoms with van der Waals surface area (Å²) >= 11 is 0. The number of allylic oxidation sites excluding steroid dienone is 2. The van der Waals surface area contributed by atoms with E-state index in [1.54, 1.807) is 0 Å². The maximum absolute atomic E-state index is 12.1. The van der Waals surface area contributed by atoms with Crippen LogP contribution < -0.4 is 17.1 Å². The van der Waals surface area contributed by atoms with Crippen molar-refractivity contribution in [2.75, 3.05) is 0 Å². The van der Waals surface area contributed by atoms with Crippen molar-refractivity contribution in [3.63, 3.8) is 0 Å². The fraction of sp³-hybridized carbons (Fsp3) is 0.385. The average molecular weight is 295 g/mol. The molecule has 21 heavy (non-hydrogen) atoms. The van der Waals surface area contributed by atoms with Crippen LogP contribution in [0.2, 0.25) is 0 Å². The molecule has 0 aliphatic heterocycles. The third-order valence-electron chi connectivity index (χ3n) is 2.78. The molecule has 8 nitrogen and oxygen atoms in total. The van der Waals surface area contributed by atoms with Gasteiger partial charge in [-0.2, -0.15) is 0 Å². The number of rotatable bonds is 8. The van der Waals surface area contributed by atoms with E-state index in [1.807, 2.05) is 0 Å². The predicted octanol–water partition coefficient (Wildman–Crippen LogP) is -0.591. The molecule has 1 rings (SSSR count). The van der Waals surface area contributed by atoms with E-state index in [-0.39, 0.29) is 32.5 Å². The number of nitrogens with zero attached hydrogens (tertiary/aromatic N) is 3. The molecule has 1 aromatic heterocycles. The highest BCUT2D eigenvalue weighted by Gasteiger charge is 2.14. The summed E-state index contributed by atoms with van der Waals surface area (Å²) in [4.78, 5) is 46.8. The van der Waals surface area contributed by atoms with E-state index in [4.69, 9.17) is 5.11 Å². The molecule has 0 fully saturated rings. The summed E-state index contributed by atoms with van der Waals surface area (Å²) in [5, 5.41) is 8.60. The van der Waals surface area contributed by atoms with E-state index < -0.39 is 23.0 Å². The van der Waals surface area contributed by atoms with Crippen LogP contribution in [0.15, 0.2) is 39.7 Å². The number of hydrogen-bond donors (Lipinski definition) is 1. The Morgan fingerprint density at radius 3 is 1.76 bits per heavy atom. The first-order chi connectivity index (χ1) is 9.93. The maximum atomic E-state index is 12.1. The molecular formula is C13H17N3O5. The Morgan fingerprint density at radius 2 is 1.38 bits per heavy atom. The SMILES string of the molecule is C=CCn1c(=O)n(CC=C)c(=O)n(CCCC(=O)O)c1=O. The number of carboxylic acids is 1. The normalized spacial score (nSPS) is 10.3. The smallest absolute Gasteiger partial charge is 0.336 e. The molecule has 0 saturated heterocycles. The highest BCUT2D eigenvalue weighted by molar-refractivity contribution is 5.66. The van der Waals surface area contributed by atoms with Gasteiger partial charge in [-0.15, -0.1) is 13.2 Å². The first-order valence-electron chi connectivity index (χ1n) is 6.32. The second kappa shape index (κ2) is 7.22. The summed E-state index contributed by atoms with van der Waals surface area (Å²) < 4.78 is 2.61. The molecule has 0 aromatic carbocycles. The van der Waals surface area contributed by atoms with E-state index >= 15 is 0 Å². The van der Waals surface area contributed by atoms with Crippen LogP contribution in [0, 0.1) is 0 Å². The molecule has 1 N–H and O–H groups in total. The van der Waals surface area contributed by atoms with Crippen LogP contribution in [0.1, 0.15) is 12.8 Å². The minimum Gasteiger partial charge on any atom is -0.481 e. The fourth-order valence-corrected chi connectivity index (χ4v) is 1.83. The zero-order chi connectivity index (χ0) is 16.0. The highest BCUT2D eigenvalue weighted by atomic mass is 16.4. The van der Waals surface area contributed by atoms with Crippen LogP contribution in [0.25, 0.3) is 0 Å². The summed E-state index contributed by atoms with van der Waals surface area (Å²) in [6, 6.07) is 0. The number of carboxylic acid groups (broad SMARTS) is 1. The van der Waals surface area contributed by atoms with Crippen molar-refractivity contribution in [3.8, 4) is 0 Å². The molecule has 0 spiro atoms. The minimum atomic E-state index is -1.02. The molecule has 0 bridgehead atoms. The van der Waals surface area contributed by atoms with Gasteiger partial charge < -0.3 is 5.11 Å². The van der Waals surface area contributed by atoms with E-state index in [0.29, 0.717) is 0 Å². The van der Waals surface area contributed by atoms with Crippen molar-refractivity contribution in [1.82, 2.24) is 13.7 Å². The second-order valence-electron chi connectivity index (χ2n) is 4.30. The summed E-state index contributed by atoms with van der Waals surface area (Å²) in [6.45, 7) is 6.78. The monoisotopic (exact) mass is 295 g/mol. The summed E-state index contributed by atoms with van der Waals surface area (Å²) in [7, 11) is 0. The van der Waals surface area contributed by atoms with Gasteiger partial charge in [-0.3, -0.25) is 4.79 Å². The van der Waals surface area contributed by atoms with Gasteiger partial charge in [0.25, 0.3) is 0 Å². The lowest BCUT2D eigenvalue weighted by molar-refractivity contribution is -0.137. The summed E-state index contributed by atoms with van der Waals surface area (Å²) in [5.74, 6) is -1.02. The lowest BCUT2D eigenvalue weighted by Gasteiger charge is -2.11. The Hall–Kier alpha value is -2.64. The summed E-state index contributed by atoms with van der Waals surface area (Å²) in [6.07, 6.45) is 2.68. The maximum Gasteiger partial charge on any atom is 0.336 e. The third-order valence-corrected chi connectivity index (χ3v) is 2.78. The number of aliphatic carboxylic acids is 1. The number of hydrogen-bond acceptors (Lipinski definition) is 4. The van der Waals surface area contributed by atoms with Crippen molar-refractivity contribution < 1.29 is 9.90 Å². The van der Waals surface area contributed by atoms with Crippen molar-refractivity contribution >= 4 is 5.97 Å². The van der Waals surface area contributed by atoms with Crippen LogP contribution >= 0.6 is 0 Å². The quantitative estimate of drug-likeness (QED) is 0.646. The van der Waals surface area contributed by atoms with Crippen molar-refractivity contribution in [2.45, 2.75) is 32.5 Å². The molecule has 0 atom stereocenters. The molecule has 8 heteroatoms. The lowest BCUT2D eigenvalue weighted by Crippen LogP contribution is -2.54. The lowest BCUT2D eigenvalue weighted by atomic mass is 10.3. The molecule has 114 valence electrons. The van der Waals surface area contributed by atoms with Gasteiger partial charge >= 0.3 is 23.0 Å². The van der Waals surface area contributed by atoms with Crippen molar-refractivity contribution in [1.29, 1.82) is 0 Å². The zero-order valence-corrected chi connectivity index (χ0v) is 11.5. The number of carbonyl (C=O) groups is 1. The van der Waals surface area contributed by atoms with Gasteiger partial charge in [0.1, 0.15) is 0 Å². The van der Waals surface area contributed by atoms with Gasteiger partial charge in [-0.25, -0.2) is 28.1 Å². The molecule has 0 aliphatic rings. The molecule has 1 heterocycles. The Kier molecular flexibility index (Phi) is 5.65. The topological polar surface area (TPSA) is 103 Å². The van der Waals surface area contributed by atoms with Crippen molar-refractivity contribution in [3.05, 3.63) is 56.8 Å². The Balaban J connectivity index is 3.40. The van der Waals surface area contributed by atoms with E-state index in [0.717, 1.165) is 13.7 Å². The van der Waals surface area contributed by atoms with E-state index in [9.17, 15) is 19.2 Å². The molecule has 0 amide bonds. The van der Waals surface area contributed by atoms with E-state index in [1.165, 1.54) is 12.2 Å². The largest absolute Gasteiger partial charge is 0.481 e. The van der Waals surface area contributed by atoms with Gasteiger partial charge in [0, 0.05) is 13.0 Å². The van der Waals surface area contributed by atoms with Crippen LogP contribution in [0.5, 0.6) is 0 Å². The van der Waals surface area contributed by atoms with E-state index in [2.05, 4.69) is 13.2 Å². The van der Waals surface area contributed by atoms with Gasteiger partial charge in [0.15, 0.2) is 0 Å². The van der Waals surface area contributed by atoms with Gasteiger partial charge in [0.2, 0.25) is 0 Å². The van der Waals surface area contributed by atoms with Gasteiger partial charge in [-0.1, -0.05) is 12.2 Å². The Labute approximate surface area is 119 Å².